The van der Waals surface area contributed by atoms with Crippen LogP contribution in [0.1, 0.15) is 18.9 Å². The number of carbonyl (C=O) groups is 2. The van der Waals surface area contributed by atoms with Crippen molar-refractivity contribution in [3.05, 3.63) is 84.4 Å². The minimum Gasteiger partial charge on any atom is -0.324 e. The molecule has 0 saturated carbocycles. The monoisotopic (exact) mass is 483 g/mol. The Bertz CT molecular complexity index is 1370. The molecule has 7 nitrogen and oxygen atoms in total. The van der Waals surface area contributed by atoms with Gasteiger partial charge in [0.25, 0.3) is 0 Å². The third-order valence-corrected chi connectivity index (χ3v) is 6.82. The number of nitrogens with one attached hydrogen (secondary N) is 1. The van der Waals surface area contributed by atoms with Gasteiger partial charge in [-0.05, 0) is 38.1 Å². The molecule has 0 saturated heterocycles. The quantitative estimate of drug-likeness (QED) is 0.400. The predicted molar refractivity (Wildman–Crippen MR) is 139 cm³/mol. The van der Waals surface area contributed by atoms with E-state index in [2.05, 4.69) is 15.5 Å². The number of nitrogens with zero attached hydrogens (tertiary/aromatic N) is 4. The van der Waals surface area contributed by atoms with Gasteiger partial charge in [-0.2, -0.15) is 0 Å². The maximum Gasteiger partial charge on any atom is 0.237 e. The van der Waals surface area contributed by atoms with Gasteiger partial charge in [0.2, 0.25) is 11.8 Å². The number of carbonyl (C=O) groups excluding carboxylic acids is 2. The van der Waals surface area contributed by atoms with E-state index in [1.807, 2.05) is 97.3 Å². The Labute approximate surface area is 208 Å². The van der Waals surface area contributed by atoms with Gasteiger partial charge in [-0.1, -0.05) is 71.9 Å². The fraction of sp³-hybridized carbons (Fsp3) is 0.185. The van der Waals surface area contributed by atoms with Gasteiger partial charge < -0.3 is 10.2 Å². The molecule has 1 N–H and O–H groups in total. The summed E-state index contributed by atoms with van der Waals surface area (Å²) in [6, 6.07) is 25.2. The van der Waals surface area contributed by atoms with E-state index in [1.165, 1.54) is 11.8 Å². The highest BCUT2D eigenvalue weighted by molar-refractivity contribution is 7.99. The second-order valence-corrected chi connectivity index (χ2v) is 9.46. The Balaban J connectivity index is 1.46. The number of anilines is 2. The highest BCUT2D eigenvalue weighted by Crippen LogP contribution is 2.33. The maximum absolute atomic E-state index is 13.5. The van der Waals surface area contributed by atoms with Gasteiger partial charge in [-0.3, -0.25) is 14.2 Å². The largest absolute Gasteiger partial charge is 0.324 e. The number of amides is 2. The first kappa shape index (κ1) is 22.9. The van der Waals surface area contributed by atoms with Crippen LogP contribution in [0.5, 0.6) is 0 Å². The van der Waals surface area contributed by atoms with E-state index >= 15 is 0 Å². The van der Waals surface area contributed by atoms with Crippen LogP contribution in [0, 0.1) is 6.92 Å². The molecule has 0 radical (unpaired) electrons. The van der Waals surface area contributed by atoms with E-state index in [4.69, 9.17) is 0 Å². The van der Waals surface area contributed by atoms with E-state index in [-0.39, 0.29) is 30.0 Å². The maximum atomic E-state index is 13.5. The second-order valence-electron chi connectivity index (χ2n) is 8.51. The lowest BCUT2D eigenvalue weighted by atomic mass is 10.2. The predicted octanol–water partition coefficient (Wildman–Crippen LogP) is 5.10. The minimum atomic E-state index is -0.262. The van der Waals surface area contributed by atoms with Crippen molar-refractivity contribution in [3.8, 4) is 17.1 Å². The van der Waals surface area contributed by atoms with Gasteiger partial charge in [0.05, 0.1) is 17.1 Å². The van der Waals surface area contributed by atoms with Crippen LogP contribution in [0.2, 0.25) is 0 Å². The topological polar surface area (TPSA) is 80.1 Å². The number of thioether (sulfide) groups is 1. The molecule has 2 amide bonds. The molecule has 35 heavy (non-hydrogen) atoms. The van der Waals surface area contributed by atoms with Crippen molar-refractivity contribution in [1.29, 1.82) is 0 Å². The molecule has 176 valence electrons. The van der Waals surface area contributed by atoms with Crippen LogP contribution in [-0.2, 0) is 9.59 Å². The molecule has 1 aromatic heterocycles. The molecule has 3 aromatic carbocycles. The van der Waals surface area contributed by atoms with Crippen LogP contribution >= 0.6 is 11.8 Å². The number of fused-ring (bicyclic) bond motifs is 1. The van der Waals surface area contributed by atoms with Crippen molar-refractivity contribution in [3.63, 3.8) is 0 Å². The lowest BCUT2D eigenvalue weighted by Crippen LogP contribution is -2.40. The Morgan fingerprint density at radius 3 is 2.49 bits per heavy atom. The fourth-order valence-electron chi connectivity index (χ4n) is 4.23. The molecule has 2 heterocycles. The summed E-state index contributed by atoms with van der Waals surface area (Å²) >= 11 is 1.34. The number of hydrogen-bond acceptors (Lipinski definition) is 5. The highest BCUT2D eigenvalue weighted by Gasteiger charge is 2.30. The van der Waals surface area contributed by atoms with Gasteiger partial charge in [-0.15, -0.1) is 10.2 Å². The molecule has 4 aromatic rings. The van der Waals surface area contributed by atoms with Crippen LogP contribution in [0.4, 0.5) is 11.4 Å². The number of para-hydroxylation sites is 2. The van der Waals surface area contributed by atoms with Crippen molar-refractivity contribution in [2.24, 2.45) is 0 Å². The van der Waals surface area contributed by atoms with E-state index in [0.29, 0.717) is 22.4 Å². The fourth-order valence-corrected chi connectivity index (χ4v) is 5.04. The second kappa shape index (κ2) is 9.76. The molecule has 0 fully saturated rings. The number of aromatic nitrogens is 3. The van der Waals surface area contributed by atoms with E-state index < -0.39 is 0 Å². The Morgan fingerprint density at radius 1 is 1.00 bits per heavy atom. The molecule has 0 unspecified atom stereocenters. The lowest BCUT2D eigenvalue weighted by molar-refractivity contribution is -0.117. The van der Waals surface area contributed by atoms with Crippen molar-refractivity contribution < 1.29 is 9.59 Å². The highest BCUT2D eigenvalue weighted by atomic mass is 32.2. The Kier molecular flexibility index (Phi) is 6.37. The summed E-state index contributed by atoms with van der Waals surface area (Å²) in [4.78, 5) is 27.5. The third kappa shape index (κ3) is 4.70. The molecule has 5 rings (SSSR count). The summed E-state index contributed by atoms with van der Waals surface area (Å²) < 4.78 is 1.98. The van der Waals surface area contributed by atoms with Crippen LogP contribution < -0.4 is 10.2 Å². The van der Waals surface area contributed by atoms with E-state index in [9.17, 15) is 9.59 Å². The molecule has 1 atom stereocenters. The zero-order chi connectivity index (χ0) is 24.4. The third-order valence-electron chi connectivity index (χ3n) is 5.91. The SMILES string of the molecule is Cc1ccc(-n2c(SCC(=O)N3c4ccccc4NC(=O)C[C@H]3C)nnc2-c2ccccc2)cc1. The van der Waals surface area contributed by atoms with Crippen molar-refractivity contribution in [1.82, 2.24) is 14.8 Å². The standard InChI is InChI=1S/C27H25N5O2S/c1-18-12-14-21(15-13-18)32-26(20-8-4-3-5-9-20)29-30-27(32)35-17-25(34)31-19(2)16-24(33)28-22-10-6-7-11-23(22)31/h3-15,19H,16-17H2,1-2H3,(H,28,33)/t19-/m1/s1. The minimum absolute atomic E-state index is 0.0915. The molecular weight excluding hydrogens is 458 g/mol. The first-order valence-corrected chi connectivity index (χ1v) is 12.4. The zero-order valence-corrected chi connectivity index (χ0v) is 20.3. The van der Waals surface area contributed by atoms with Crippen LogP contribution in [0.25, 0.3) is 17.1 Å². The van der Waals surface area contributed by atoms with Crippen LogP contribution in [-0.4, -0.2) is 38.4 Å². The summed E-state index contributed by atoms with van der Waals surface area (Å²) in [5.41, 5.74) is 4.39. The van der Waals surface area contributed by atoms with Crippen molar-refractivity contribution in [2.45, 2.75) is 31.5 Å². The van der Waals surface area contributed by atoms with Crippen molar-refractivity contribution in [2.75, 3.05) is 16.0 Å². The Morgan fingerprint density at radius 2 is 1.71 bits per heavy atom. The van der Waals surface area contributed by atoms with Gasteiger partial charge in [-0.25, -0.2) is 0 Å². The van der Waals surface area contributed by atoms with Crippen LogP contribution in [0.3, 0.4) is 0 Å². The Hall–Kier alpha value is -3.91. The summed E-state index contributed by atoms with van der Waals surface area (Å²) in [5.74, 6) is 0.685. The summed E-state index contributed by atoms with van der Waals surface area (Å²) in [6.07, 6.45) is 0.239. The van der Waals surface area contributed by atoms with Gasteiger partial charge in [0.1, 0.15) is 0 Å². The molecule has 0 bridgehead atoms. The normalized spacial score (nSPS) is 15.3. The van der Waals surface area contributed by atoms with Crippen LogP contribution in [0.15, 0.2) is 84.0 Å². The molecule has 8 heteroatoms. The van der Waals surface area contributed by atoms with Crippen molar-refractivity contribution >= 4 is 35.0 Å². The summed E-state index contributed by atoms with van der Waals surface area (Å²) in [6.45, 7) is 3.94. The molecular formula is C27H25N5O2S. The molecule has 0 aliphatic carbocycles. The summed E-state index contributed by atoms with van der Waals surface area (Å²) in [5, 5.41) is 12.4. The molecule has 1 aliphatic heterocycles. The zero-order valence-electron chi connectivity index (χ0n) is 19.5. The van der Waals surface area contributed by atoms with Gasteiger partial charge in [0.15, 0.2) is 11.0 Å². The number of benzene rings is 3. The average molecular weight is 484 g/mol. The smallest absolute Gasteiger partial charge is 0.237 e. The van der Waals surface area contributed by atoms with E-state index in [0.717, 1.165) is 16.8 Å². The lowest BCUT2D eigenvalue weighted by Gasteiger charge is -2.27. The summed E-state index contributed by atoms with van der Waals surface area (Å²) in [7, 11) is 0. The number of hydrogen-bond donors (Lipinski definition) is 1. The molecule has 0 spiro atoms. The number of rotatable bonds is 5. The first-order chi connectivity index (χ1) is 17.0. The molecule has 1 aliphatic rings. The first-order valence-electron chi connectivity index (χ1n) is 11.4. The van der Waals surface area contributed by atoms with E-state index in [1.54, 1.807) is 4.90 Å². The van der Waals surface area contributed by atoms with Gasteiger partial charge >= 0.3 is 0 Å². The number of aryl methyl sites for hydroxylation is 1. The van der Waals surface area contributed by atoms with Gasteiger partial charge in [0, 0.05) is 23.7 Å². The average Bonchev–Trinajstić information content (AvgIpc) is 3.23.